The van der Waals surface area contributed by atoms with Crippen LogP contribution in [0.25, 0.3) is 0 Å². The Labute approximate surface area is 119 Å². The first-order chi connectivity index (χ1) is 8.97. The predicted molar refractivity (Wildman–Crippen MR) is 78.0 cm³/mol. The summed E-state index contributed by atoms with van der Waals surface area (Å²) in [5, 5.41) is 13.0. The summed E-state index contributed by atoms with van der Waals surface area (Å²) in [4.78, 5) is 11.2. The molecule has 0 spiro atoms. The Morgan fingerprint density at radius 3 is 2.68 bits per heavy atom. The van der Waals surface area contributed by atoms with Crippen molar-refractivity contribution in [3.63, 3.8) is 0 Å². The minimum absolute atomic E-state index is 0.249. The van der Waals surface area contributed by atoms with Crippen LogP contribution in [0.2, 0.25) is 5.02 Å². The van der Waals surface area contributed by atoms with Crippen LogP contribution in [0.4, 0.5) is 5.69 Å². The van der Waals surface area contributed by atoms with E-state index >= 15 is 0 Å². The van der Waals surface area contributed by atoms with Crippen molar-refractivity contribution in [3.05, 3.63) is 28.8 Å². The van der Waals surface area contributed by atoms with E-state index in [0.29, 0.717) is 22.7 Å². The molecule has 3 nitrogen and oxygen atoms in total. The fraction of sp³-hybridized carbons (Fsp3) is 0.533. The molecule has 4 heteroatoms. The zero-order valence-electron chi connectivity index (χ0n) is 11.3. The van der Waals surface area contributed by atoms with Crippen LogP contribution in [-0.4, -0.2) is 17.1 Å². The molecule has 0 radical (unpaired) electrons. The SMILES string of the molecule is CC1CCC(Nc2ccc(Cl)cc2C(=O)O)CC1C. The Kier molecular flexibility index (Phi) is 4.35. The first kappa shape index (κ1) is 14.2. The van der Waals surface area contributed by atoms with E-state index in [9.17, 15) is 9.90 Å². The smallest absolute Gasteiger partial charge is 0.337 e. The van der Waals surface area contributed by atoms with Crippen LogP contribution in [0.5, 0.6) is 0 Å². The number of hydrogen-bond acceptors (Lipinski definition) is 2. The van der Waals surface area contributed by atoms with Crippen molar-refractivity contribution in [2.75, 3.05) is 5.32 Å². The lowest BCUT2D eigenvalue weighted by Gasteiger charge is -2.33. The minimum Gasteiger partial charge on any atom is -0.478 e. The van der Waals surface area contributed by atoms with E-state index in [1.165, 1.54) is 12.5 Å². The second-order valence-corrected chi connectivity index (χ2v) is 6.04. The van der Waals surface area contributed by atoms with Crippen molar-refractivity contribution in [3.8, 4) is 0 Å². The lowest BCUT2D eigenvalue weighted by Crippen LogP contribution is -2.30. The maximum Gasteiger partial charge on any atom is 0.337 e. The quantitative estimate of drug-likeness (QED) is 0.870. The fourth-order valence-electron chi connectivity index (χ4n) is 2.72. The van der Waals surface area contributed by atoms with Crippen LogP contribution in [-0.2, 0) is 0 Å². The van der Waals surface area contributed by atoms with Crippen LogP contribution in [0.1, 0.15) is 43.5 Å². The molecule has 0 aliphatic heterocycles. The fourth-order valence-corrected chi connectivity index (χ4v) is 2.89. The highest BCUT2D eigenvalue weighted by atomic mass is 35.5. The Bertz CT molecular complexity index is 475. The van der Waals surface area contributed by atoms with E-state index in [1.807, 2.05) is 0 Å². The van der Waals surface area contributed by atoms with Gasteiger partial charge in [-0.1, -0.05) is 25.4 Å². The van der Waals surface area contributed by atoms with Gasteiger partial charge in [0.1, 0.15) is 0 Å². The summed E-state index contributed by atoms with van der Waals surface area (Å²) in [6.45, 7) is 4.55. The maximum atomic E-state index is 11.2. The Morgan fingerprint density at radius 2 is 2.05 bits per heavy atom. The number of benzene rings is 1. The zero-order valence-corrected chi connectivity index (χ0v) is 12.1. The molecule has 1 saturated carbocycles. The second-order valence-electron chi connectivity index (χ2n) is 5.60. The summed E-state index contributed by atoms with van der Waals surface area (Å²) in [5.41, 5.74) is 0.919. The van der Waals surface area contributed by atoms with Gasteiger partial charge in [0, 0.05) is 16.8 Å². The molecule has 0 saturated heterocycles. The standard InChI is InChI=1S/C15H20ClNO2/c1-9-3-5-12(7-10(9)2)17-14-6-4-11(16)8-13(14)15(18)19/h4,6,8-10,12,17H,3,5,7H2,1-2H3,(H,18,19). The molecule has 2 rings (SSSR count). The number of carboxylic acids is 1. The van der Waals surface area contributed by atoms with Crippen LogP contribution < -0.4 is 5.32 Å². The number of anilines is 1. The van der Waals surface area contributed by atoms with Crippen molar-refractivity contribution in [2.45, 2.75) is 39.2 Å². The highest BCUT2D eigenvalue weighted by molar-refractivity contribution is 6.31. The van der Waals surface area contributed by atoms with E-state index in [4.69, 9.17) is 11.6 Å². The molecule has 2 N–H and O–H groups in total. The van der Waals surface area contributed by atoms with Crippen LogP contribution in [0.15, 0.2) is 18.2 Å². The number of hydrogen-bond donors (Lipinski definition) is 2. The Hall–Kier alpha value is -1.22. The molecule has 1 aliphatic rings. The van der Waals surface area contributed by atoms with E-state index in [1.54, 1.807) is 12.1 Å². The van der Waals surface area contributed by atoms with Crippen molar-refractivity contribution in [1.82, 2.24) is 0 Å². The third-order valence-corrected chi connectivity index (χ3v) is 4.40. The number of carbonyl (C=O) groups is 1. The highest BCUT2D eigenvalue weighted by Gasteiger charge is 2.25. The minimum atomic E-state index is -0.942. The number of rotatable bonds is 3. The molecule has 1 aromatic carbocycles. The number of carboxylic acid groups (broad SMARTS) is 1. The molecule has 1 aromatic rings. The largest absolute Gasteiger partial charge is 0.478 e. The summed E-state index contributed by atoms with van der Waals surface area (Å²) >= 11 is 5.85. The predicted octanol–water partition coefficient (Wildman–Crippen LogP) is 4.27. The van der Waals surface area contributed by atoms with Gasteiger partial charge in [0.25, 0.3) is 0 Å². The van der Waals surface area contributed by atoms with Gasteiger partial charge in [0.05, 0.1) is 5.56 Å². The van der Waals surface area contributed by atoms with E-state index in [-0.39, 0.29) is 5.56 Å². The molecule has 0 heterocycles. The van der Waals surface area contributed by atoms with Crippen LogP contribution in [0, 0.1) is 11.8 Å². The normalized spacial score (nSPS) is 27.0. The number of halogens is 1. The third kappa shape index (κ3) is 3.41. The maximum absolute atomic E-state index is 11.2. The molecule has 0 bridgehead atoms. The zero-order chi connectivity index (χ0) is 14.0. The van der Waals surface area contributed by atoms with Crippen molar-refractivity contribution >= 4 is 23.3 Å². The molecule has 0 aromatic heterocycles. The number of nitrogens with one attached hydrogen (secondary N) is 1. The molecule has 104 valence electrons. The molecule has 1 fully saturated rings. The van der Waals surface area contributed by atoms with Crippen molar-refractivity contribution < 1.29 is 9.90 Å². The van der Waals surface area contributed by atoms with Crippen molar-refractivity contribution in [2.24, 2.45) is 11.8 Å². The van der Waals surface area contributed by atoms with Crippen molar-refractivity contribution in [1.29, 1.82) is 0 Å². The van der Waals surface area contributed by atoms with Crippen LogP contribution in [0.3, 0.4) is 0 Å². The summed E-state index contributed by atoms with van der Waals surface area (Å²) in [5.74, 6) is 0.483. The third-order valence-electron chi connectivity index (χ3n) is 4.17. The van der Waals surface area contributed by atoms with Gasteiger partial charge in [-0.15, -0.1) is 0 Å². The first-order valence-electron chi connectivity index (χ1n) is 6.76. The van der Waals surface area contributed by atoms with E-state index in [0.717, 1.165) is 18.8 Å². The summed E-state index contributed by atoms with van der Waals surface area (Å²) < 4.78 is 0. The average Bonchev–Trinajstić information content (AvgIpc) is 2.36. The highest BCUT2D eigenvalue weighted by Crippen LogP contribution is 2.32. The van der Waals surface area contributed by atoms with E-state index < -0.39 is 5.97 Å². The monoisotopic (exact) mass is 281 g/mol. The molecular weight excluding hydrogens is 262 g/mol. The van der Waals surface area contributed by atoms with Crippen LogP contribution >= 0.6 is 11.6 Å². The van der Waals surface area contributed by atoms with E-state index in [2.05, 4.69) is 19.2 Å². The van der Waals surface area contributed by atoms with Gasteiger partial charge in [-0.25, -0.2) is 4.79 Å². The lowest BCUT2D eigenvalue weighted by molar-refractivity contribution is 0.0698. The molecule has 1 aliphatic carbocycles. The summed E-state index contributed by atoms with van der Waals surface area (Å²) in [7, 11) is 0. The average molecular weight is 282 g/mol. The summed E-state index contributed by atoms with van der Waals surface area (Å²) in [6.07, 6.45) is 3.37. The molecule has 19 heavy (non-hydrogen) atoms. The Balaban J connectivity index is 2.13. The molecule has 0 amide bonds. The number of aromatic carboxylic acids is 1. The Morgan fingerprint density at radius 1 is 1.32 bits per heavy atom. The molecule has 3 atom stereocenters. The van der Waals surface area contributed by atoms with Gasteiger partial charge in [-0.3, -0.25) is 0 Å². The molecule has 3 unspecified atom stereocenters. The second kappa shape index (κ2) is 5.83. The van der Waals surface area contributed by atoms with Gasteiger partial charge >= 0.3 is 5.97 Å². The lowest BCUT2D eigenvalue weighted by atomic mass is 9.79. The first-order valence-corrected chi connectivity index (χ1v) is 7.14. The van der Waals surface area contributed by atoms with Gasteiger partial charge in [0.2, 0.25) is 0 Å². The van der Waals surface area contributed by atoms with Gasteiger partial charge in [-0.05, 0) is 49.3 Å². The topological polar surface area (TPSA) is 49.3 Å². The molecular formula is C15H20ClNO2. The van der Waals surface area contributed by atoms with Gasteiger partial charge in [0.15, 0.2) is 0 Å². The van der Waals surface area contributed by atoms with Gasteiger partial charge in [-0.2, -0.15) is 0 Å². The van der Waals surface area contributed by atoms with Gasteiger partial charge < -0.3 is 10.4 Å². The summed E-state index contributed by atoms with van der Waals surface area (Å²) in [6, 6.07) is 5.34.